The van der Waals surface area contributed by atoms with E-state index in [1.165, 1.54) is 25.7 Å². The highest BCUT2D eigenvalue weighted by Crippen LogP contribution is 2.18. The van der Waals surface area contributed by atoms with Crippen molar-refractivity contribution in [2.45, 2.75) is 27.2 Å². The number of Topliss-reactive ketones (excluding diaryl/α,β-unsaturated/α-hetero) is 1. The van der Waals surface area contributed by atoms with E-state index >= 15 is 0 Å². The number of carbonyl (C=O) groups excluding carboxylic acids is 4. The quantitative estimate of drug-likeness (QED) is 0.720. The minimum atomic E-state index is -0.258. The van der Waals surface area contributed by atoms with Gasteiger partial charge in [-0.25, -0.2) is 0 Å². The molecule has 0 saturated heterocycles. The van der Waals surface area contributed by atoms with E-state index in [1.54, 1.807) is 48.5 Å². The van der Waals surface area contributed by atoms with E-state index in [0.717, 1.165) is 0 Å². The maximum atomic E-state index is 12.3. The van der Waals surface area contributed by atoms with Crippen LogP contribution in [0.3, 0.4) is 0 Å². The molecule has 7 nitrogen and oxygen atoms in total. The Morgan fingerprint density at radius 2 is 1.46 bits per heavy atom. The summed E-state index contributed by atoms with van der Waals surface area (Å²) in [5.41, 5.74) is 2.32. The smallest absolute Gasteiger partial charge is 0.226 e. The predicted octanol–water partition coefficient (Wildman–Crippen LogP) is 3.23. The van der Waals surface area contributed by atoms with Crippen LogP contribution in [0.5, 0.6) is 0 Å². The highest BCUT2D eigenvalue weighted by molar-refractivity contribution is 5.97. The summed E-state index contributed by atoms with van der Waals surface area (Å²) in [6.07, 6.45) is 0.0956. The fourth-order valence-corrected chi connectivity index (χ4v) is 2.66. The van der Waals surface area contributed by atoms with Gasteiger partial charge in [0, 0.05) is 49.4 Å². The topological polar surface area (TPSA) is 95.6 Å². The largest absolute Gasteiger partial charge is 0.326 e. The van der Waals surface area contributed by atoms with Crippen LogP contribution < -0.4 is 15.5 Å². The maximum absolute atomic E-state index is 12.3. The van der Waals surface area contributed by atoms with Crippen LogP contribution in [0.25, 0.3) is 0 Å². The van der Waals surface area contributed by atoms with Crippen LogP contribution in [0, 0.1) is 0 Å². The van der Waals surface area contributed by atoms with E-state index in [4.69, 9.17) is 0 Å². The van der Waals surface area contributed by atoms with Gasteiger partial charge in [0.2, 0.25) is 17.7 Å². The summed E-state index contributed by atoms with van der Waals surface area (Å²) in [5, 5.41) is 5.40. The lowest BCUT2D eigenvalue weighted by Gasteiger charge is -2.21. The third-order valence-corrected chi connectivity index (χ3v) is 3.99. The van der Waals surface area contributed by atoms with Gasteiger partial charge >= 0.3 is 0 Å². The lowest BCUT2D eigenvalue weighted by molar-refractivity contribution is -0.117. The second-order valence-corrected chi connectivity index (χ2v) is 6.33. The Kier molecular flexibility index (Phi) is 7.03. The monoisotopic (exact) mass is 381 g/mol. The molecule has 0 saturated carbocycles. The van der Waals surface area contributed by atoms with Gasteiger partial charge in [-0.2, -0.15) is 0 Å². The van der Waals surface area contributed by atoms with Crippen LogP contribution in [0.2, 0.25) is 0 Å². The van der Waals surface area contributed by atoms with Crippen molar-refractivity contribution in [3.63, 3.8) is 0 Å². The first kappa shape index (κ1) is 20.8. The van der Waals surface area contributed by atoms with Gasteiger partial charge in [0.05, 0.1) is 0 Å². The number of nitrogens with one attached hydrogen (secondary N) is 2. The number of hydrogen-bond acceptors (Lipinski definition) is 4. The zero-order valence-electron chi connectivity index (χ0n) is 16.1. The molecular weight excluding hydrogens is 358 g/mol. The number of anilines is 3. The summed E-state index contributed by atoms with van der Waals surface area (Å²) in [7, 11) is 0. The molecule has 0 aliphatic carbocycles. The summed E-state index contributed by atoms with van der Waals surface area (Å²) < 4.78 is 0. The number of amides is 3. The fraction of sp³-hybridized carbons (Fsp3) is 0.238. The second-order valence-electron chi connectivity index (χ2n) is 6.33. The molecule has 0 radical (unpaired) electrons. The van der Waals surface area contributed by atoms with Crippen molar-refractivity contribution in [2.75, 3.05) is 22.1 Å². The summed E-state index contributed by atoms with van der Waals surface area (Å²) >= 11 is 0. The van der Waals surface area contributed by atoms with E-state index in [-0.39, 0.29) is 36.5 Å². The van der Waals surface area contributed by atoms with Crippen molar-refractivity contribution < 1.29 is 19.2 Å². The van der Waals surface area contributed by atoms with Crippen molar-refractivity contribution in [1.82, 2.24) is 0 Å². The molecule has 0 fully saturated rings. The van der Waals surface area contributed by atoms with Crippen molar-refractivity contribution >= 4 is 40.6 Å². The first-order valence-electron chi connectivity index (χ1n) is 8.83. The molecule has 0 aliphatic heterocycles. The van der Waals surface area contributed by atoms with Crippen molar-refractivity contribution in [2.24, 2.45) is 0 Å². The van der Waals surface area contributed by atoms with Crippen LogP contribution in [0.4, 0.5) is 17.1 Å². The second kappa shape index (κ2) is 9.45. The fourth-order valence-electron chi connectivity index (χ4n) is 2.66. The Labute approximate surface area is 163 Å². The molecule has 0 aromatic heterocycles. The highest BCUT2D eigenvalue weighted by atomic mass is 16.2. The first-order valence-corrected chi connectivity index (χ1v) is 8.83. The van der Waals surface area contributed by atoms with Crippen LogP contribution >= 0.6 is 0 Å². The van der Waals surface area contributed by atoms with E-state index < -0.39 is 0 Å². The number of ketones is 1. The number of nitrogens with zero attached hydrogens (tertiary/aromatic N) is 1. The summed E-state index contributed by atoms with van der Waals surface area (Å²) in [6.45, 7) is 4.51. The van der Waals surface area contributed by atoms with Crippen LogP contribution in [-0.4, -0.2) is 30.0 Å². The van der Waals surface area contributed by atoms with Gasteiger partial charge in [-0.05, 0) is 49.4 Å². The Morgan fingerprint density at radius 1 is 0.857 bits per heavy atom. The van der Waals surface area contributed by atoms with E-state index in [0.29, 0.717) is 22.6 Å². The molecule has 28 heavy (non-hydrogen) atoms. The molecule has 0 unspecified atom stereocenters. The molecule has 0 spiro atoms. The van der Waals surface area contributed by atoms with Gasteiger partial charge in [-0.3, -0.25) is 19.2 Å². The summed E-state index contributed by atoms with van der Waals surface area (Å²) in [5.74, 6) is -0.708. The molecule has 7 heteroatoms. The Hall–Kier alpha value is -3.48. The average molecular weight is 381 g/mol. The van der Waals surface area contributed by atoms with Gasteiger partial charge < -0.3 is 15.5 Å². The minimum absolute atomic E-state index is 0.0539. The van der Waals surface area contributed by atoms with Crippen molar-refractivity contribution in [1.29, 1.82) is 0 Å². The summed E-state index contributed by atoms with van der Waals surface area (Å²) in [4.78, 5) is 48.2. The molecule has 3 amide bonds. The zero-order valence-corrected chi connectivity index (χ0v) is 16.1. The maximum Gasteiger partial charge on any atom is 0.226 e. The minimum Gasteiger partial charge on any atom is -0.326 e. The van der Waals surface area contributed by atoms with Gasteiger partial charge in [-0.15, -0.1) is 0 Å². The molecule has 2 rings (SSSR count). The molecule has 2 N–H and O–H groups in total. The van der Waals surface area contributed by atoms with E-state index in [2.05, 4.69) is 10.6 Å². The molecule has 2 aromatic rings. The Balaban J connectivity index is 1.99. The molecule has 0 aliphatic rings. The zero-order chi connectivity index (χ0) is 20.7. The van der Waals surface area contributed by atoms with Gasteiger partial charge in [0.15, 0.2) is 5.78 Å². The standard InChI is InChI=1S/C21H23N3O4/c1-14(25)17-7-9-20(10-8-17)24(16(3)27)12-11-21(28)23-19-6-4-5-18(13-19)22-15(2)26/h4-10,13H,11-12H2,1-3H3,(H,22,26)(H,23,28). The third-order valence-electron chi connectivity index (χ3n) is 3.99. The number of rotatable bonds is 7. The molecule has 0 heterocycles. The number of benzene rings is 2. The molecule has 146 valence electrons. The van der Waals surface area contributed by atoms with E-state index in [9.17, 15) is 19.2 Å². The van der Waals surface area contributed by atoms with Gasteiger partial charge in [0.1, 0.15) is 0 Å². The lowest BCUT2D eigenvalue weighted by Crippen LogP contribution is -2.32. The van der Waals surface area contributed by atoms with E-state index in [1.807, 2.05) is 0 Å². The highest BCUT2D eigenvalue weighted by Gasteiger charge is 2.14. The van der Waals surface area contributed by atoms with Gasteiger partial charge in [-0.1, -0.05) is 6.07 Å². The molecule has 0 atom stereocenters. The van der Waals surface area contributed by atoms with Crippen LogP contribution in [-0.2, 0) is 14.4 Å². The Morgan fingerprint density at radius 3 is 2.00 bits per heavy atom. The lowest BCUT2D eigenvalue weighted by atomic mass is 10.1. The molecular formula is C21H23N3O4. The van der Waals surface area contributed by atoms with Crippen molar-refractivity contribution in [3.8, 4) is 0 Å². The number of carbonyl (C=O) groups is 4. The molecule has 2 aromatic carbocycles. The average Bonchev–Trinajstić information content (AvgIpc) is 2.61. The van der Waals surface area contributed by atoms with Crippen LogP contribution in [0.1, 0.15) is 37.6 Å². The predicted molar refractivity (Wildman–Crippen MR) is 108 cm³/mol. The Bertz CT molecular complexity index is 891. The van der Waals surface area contributed by atoms with Crippen LogP contribution in [0.15, 0.2) is 48.5 Å². The SMILES string of the molecule is CC(=O)Nc1cccc(NC(=O)CCN(C(C)=O)c2ccc(C(C)=O)cc2)c1. The third kappa shape index (κ3) is 6.05. The number of hydrogen-bond donors (Lipinski definition) is 2. The normalized spacial score (nSPS) is 10.1. The molecule has 0 bridgehead atoms. The van der Waals surface area contributed by atoms with Crippen molar-refractivity contribution in [3.05, 3.63) is 54.1 Å². The summed E-state index contributed by atoms with van der Waals surface area (Å²) in [6, 6.07) is 13.5. The van der Waals surface area contributed by atoms with Gasteiger partial charge in [0.25, 0.3) is 0 Å². The first-order chi connectivity index (χ1) is 13.3.